The van der Waals surface area contributed by atoms with Crippen molar-refractivity contribution in [1.29, 1.82) is 0 Å². The highest BCUT2D eigenvalue weighted by molar-refractivity contribution is 5.87. The van der Waals surface area contributed by atoms with Gasteiger partial charge in [-0.25, -0.2) is 0 Å². The van der Waals surface area contributed by atoms with E-state index in [2.05, 4.69) is 13.0 Å². The van der Waals surface area contributed by atoms with E-state index in [1.54, 1.807) is 6.07 Å². The molecule has 0 bridgehead atoms. The summed E-state index contributed by atoms with van der Waals surface area (Å²) in [6.45, 7) is 2.17. The minimum absolute atomic E-state index is 0.178. The van der Waals surface area contributed by atoms with Gasteiger partial charge >= 0.3 is 5.97 Å². The van der Waals surface area contributed by atoms with E-state index in [1.165, 1.54) is 18.2 Å². The summed E-state index contributed by atoms with van der Waals surface area (Å²) in [6.07, 6.45) is 5.80. The summed E-state index contributed by atoms with van der Waals surface area (Å²) in [5.74, 6) is 2.19. The van der Waals surface area contributed by atoms with Gasteiger partial charge in [0.05, 0.1) is 7.11 Å². The Morgan fingerprint density at radius 1 is 1.35 bits per heavy atom. The summed E-state index contributed by atoms with van der Waals surface area (Å²) < 4.78 is 4.81. The van der Waals surface area contributed by atoms with Crippen LogP contribution in [0.3, 0.4) is 0 Å². The minimum Gasteiger partial charge on any atom is -0.508 e. The molecule has 4 unspecified atom stereocenters. The van der Waals surface area contributed by atoms with E-state index in [1.807, 2.05) is 6.07 Å². The Balaban J connectivity index is 1.63. The van der Waals surface area contributed by atoms with E-state index < -0.39 is 0 Å². The molecule has 1 aromatic rings. The van der Waals surface area contributed by atoms with E-state index in [9.17, 15) is 14.7 Å². The monoisotopic (exact) mass is 356 g/mol. The number of phenolic OH excluding ortho intramolecular Hbond substituents is 1. The maximum atomic E-state index is 12.9. The Hall–Kier alpha value is -1.84. The van der Waals surface area contributed by atoms with Gasteiger partial charge in [-0.15, -0.1) is 0 Å². The van der Waals surface area contributed by atoms with Crippen molar-refractivity contribution in [2.45, 2.75) is 57.8 Å². The first-order valence-corrected chi connectivity index (χ1v) is 9.86. The van der Waals surface area contributed by atoms with Gasteiger partial charge in [-0.3, -0.25) is 9.59 Å². The molecule has 5 atom stereocenters. The van der Waals surface area contributed by atoms with Crippen LogP contribution in [0.4, 0.5) is 0 Å². The van der Waals surface area contributed by atoms with Gasteiger partial charge in [-0.1, -0.05) is 13.0 Å². The van der Waals surface area contributed by atoms with Gasteiger partial charge in [-0.05, 0) is 79.0 Å². The van der Waals surface area contributed by atoms with Crippen molar-refractivity contribution in [2.75, 3.05) is 7.11 Å². The topological polar surface area (TPSA) is 63.6 Å². The van der Waals surface area contributed by atoms with Crippen LogP contribution in [-0.4, -0.2) is 24.0 Å². The number of Topliss-reactive ketones (excluding diaryl/α,β-unsaturated/α-hetero) is 1. The summed E-state index contributed by atoms with van der Waals surface area (Å²) in [6, 6.07) is 5.79. The van der Waals surface area contributed by atoms with Crippen molar-refractivity contribution < 1.29 is 19.4 Å². The molecule has 0 aliphatic heterocycles. The molecule has 2 saturated carbocycles. The van der Waals surface area contributed by atoms with Crippen molar-refractivity contribution in [2.24, 2.45) is 23.2 Å². The van der Waals surface area contributed by atoms with Crippen LogP contribution < -0.4 is 0 Å². The number of benzene rings is 1. The molecule has 0 saturated heterocycles. The summed E-state index contributed by atoms with van der Waals surface area (Å²) in [5, 5.41) is 9.81. The normalized spacial score (nSPS) is 35.4. The Kier molecular flexibility index (Phi) is 4.32. The van der Waals surface area contributed by atoms with Gasteiger partial charge in [-0.2, -0.15) is 0 Å². The molecule has 3 aliphatic rings. The van der Waals surface area contributed by atoms with Crippen molar-refractivity contribution in [3.8, 4) is 5.75 Å². The van der Waals surface area contributed by atoms with Crippen LogP contribution >= 0.6 is 0 Å². The number of ether oxygens (including phenoxy) is 1. The number of methoxy groups -OCH3 is 1. The highest BCUT2D eigenvalue weighted by Gasteiger charge is 2.58. The molecule has 140 valence electrons. The zero-order valence-corrected chi connectivity index (χ0v) is 15.7. The second-order valence-electron chi connectivity index (χ2n) is 8.68. The zero-order chi connectivity index (χ0) is 18.5. The molecule has 26 heavy (non-hydrogen) atoms. The number of ketones is 1. The molecule has 0 aromatic heterocycles. The fourth-order valence-corrected chi connectivity index (χ4v) is 6.30. The summed E-state index contributed by atoms with van der Waals surface area (Å²) >= 11 is 0. The molecule has 4 nitrogen and oxygen atoms in total. The highest BCUT2D eigenvalue weighted by Crippen LogP contribution is 2.62. The molecule has 1 N–H and O–H groups in total. The van der Waals surface area contributed by atoms with Crippen molar-refractivity contribution in [1.82, 2.24) is 0 Å². The lowest BCUT2D eigenvalue weighted by molar-refractivity contribution is -0.141. The largest absolute Gasteiger partial charge is 0.508 e. The maximum absolute atomic E-state index is 12.9. The van der Waals surface area contributed by atoms with Gasteiger partial charge in [0.15, 0.2) is 0 Å². The highest BCUT2D eigenvalue weighted by atomic mass is 16.5. The van der Waals surface area contributed by atoms with Gasteiger partial charge in [0.2, 0.25) is 0 Å². The van der Waals surface area contributed by atoms with Gasteiger partial charge in [0.25, 0.3) is 0 Å². The van der Waals surface area contributed by atoms with E-state index in [0.29, 0.717) is 42.1 Å². The zero-order valence-electron chi connectivity index (χ0n) is 15.7. The number of hydrogen-bond acceptors (Lipinski definition) is 4. The molecule has 0 amide bonds. The third-order valence-electron chi connectivity index (χ3n) is 7.50. The van der Waals surface area contributed by atoms with Crippen LogP contribution in [0, 0.1) is 23.2 Å². The number of hydrogen-bond donors (Lipinski definition) is 1. The first kappa shape index (κ1) is 17.6. The van der Waals surface area contributed by atoms with Crippen molar-refractivity contribution in [3.05, 3.63) is 29.3 Å². The first-order valence-electron chi connectivity index (χ1n) is 9.86. The Morgan fingerprint density at radius 2 is 2.15 bits per heavy atom. The van der Waals surface area contributed by atoms with Crippen molar-refractivity contribution >= 4 is 11.8 Å². The van der Waals surface area contributed by atoms with Crippen LogP contribution in [0.15, 0.2) is 18.2 Å². The summed E-state index contributed by atoms with van der Waals surface area (Å²) in [4.78, 5) is 24.5. The second kappa shape index (κ2) is 6.40. The predicted octanol–water partition coefficient (Wildman–Crippen LogP) is 4.00. The van der Waals surface area contributed by atoms with Gasteiger partial charge in [0, 0.05) is 18.3 Å². The molecule has 1 aromatic carbocycles. The van der Waals surface area contributed by atoms with E-state index in [-0.39, 0.29) is 17.3 Å². The molecule has 4 rings (SSSR count). The summed E-state index contributed by atoms with van der Waals surface area (Å²) in [7, 11) is 1.43. The quantitative estimate of drug-likeness (QED) is 0.832. The van der Waals surface area contributed by atoms with E-state index in [0.717, 1.165) is 32.1 Å². The molecule has 3 aliphatic carbocycles. The lowest BCUT2D eigenvalue weighted by atomic mass is 9.54. The first-order chi connectivity index (χ1) is 12.4. The summed E-state index contributed by atoms with van der Waals surface area (Å²) in [5.41, 5.74) is 2.41. The SMILES string of the molecule is COC(=O)CCC1CC(=O)[C@@]2(C)CCC3c4ccc(O)cc4CCC3C12. The van der Waals surface area contributed by atoms with E-state index >= 15 is 0 Å². The number of aryl methyl sites for hydroxylation is 1. The minimum atomic E-state index is -0.226. The number of rotatable bonds is 3. The maximum Gasteiger partial charge on any atom is 0.305 e. The fourth-order valence-electron chi connectivity index (χ4n) is 6.30. The predicted molar refractivity (Wildman–Crippen MR) is 97.9 cm³/mol. The number of fused-ring (bicyclic) bond motifs is 5. The Morgan fingerprint density at radius 3 is 2.92 bits per heavy atom. The molecular formula is C22H28O4. The van der Waals surface area contributed by atoms with Gasteiger partial charge < -0.3 is 9.84 Å². The fraction of sp³-hybridized carbons (Fsp3) is 0.636. The van der Waals surface area contributed by atoms with Crippen LogP contribution in [-0.2, 0) is 20.7 Å². The number of carbonyl (C=O) groups is 2. The average Bonchev–Trinajstić information content (AvgIpc) is 2.89. The number of esters is 1. The number of carbonyl (C=O) groups excluding carboxylic acids is 2. The lowest BCUT2D eigenvalue weighted by Crippen LogP contribution is -2.44. The second-order valence-corrected chi connectivity index (χ2v) is 8.68. The lowest BCUT2D eigenvalue weighted by Gasteiger charge is -2.50. The smallest absolute Gasteiger partial charge is 0.305 e. The van der Waals surface area contributed by atoms with E-state index in [4.69, 9.17) is 4.74 Å². The standard InChI is InChI=1S/C22H28O4/c1-22-10-9-17-16-7-5-15(23)11-13(16)3-6-18(17)21(22)14(12-19(22)24)4-8-20(25)26-2/h5,7,11,14,17-18,21,23H,3-4,6,8-10,12H2,1-2H3/t14?,17?,18?,21?,22-/m1/s1. The van der Waals surface area contributed by atoms with Crippen LogP contribution in [0.25, 0.3) is 0 Å². The third kappa shape index (κ3) is 2.65. The molecule has 4 heteroatoms. The number of phenols is 1. The molecule has 0 spiro atoms. The molecular weight excluding hydrogens is 328 g/mol. The van der Waals surface area contributed by atoms with Gasteiger partial charge in [0.1, 0.15) is 11.5 Å². The van der Waals surface area contributed by atoms with Crippen LogP contribution in [0.1, 0.15) is 62.5 Å². The third-order valence-corrected chi connectivity index (χ3v) is 7.50. The average molecular weight is 356 g/mol. The molecule has 0 radical (unpaired) electrons. The Bertz CT molecular complexity index is 740. The van der Waals surface area contributed by atoms with Crippen molar-refractivity contribution in [3.63, 3.8) is 0 Å². The van der Waals surface area contributed by atoms with Crippen LogP contribution in [0.2, 0.25) is 0 Å². The Labute approximate surface area is 154 Å². The molecule has 0 heterocycles. The molecule has 2 fully saturated rings. The number of aromatic hydroxyl groups is 1. The van der Waals surface area contributed by atoms with Crippen LogP contribution in [0.5, 0.6) is 5.75 Å².